The van der Waals surface area contributed by atoms with Crippen LogP contribution in [0.2, 0.25) is 0 Å². The zero-order valence-electron chi connectivity index (χ0n) is 22.8. The van der Waals surface area contributed by atoms with E-state index in [1.807, 2.05) is 12.1 Å². The monoisotopic (exact) mass is 578 g/mol. The molecular formula is C30H34N4O6S. The molecule has 6 rings (SSSR count). The van der Waals surface area contributed by atoms with E-state index >= 15 is 0 Å². The molecule has 1 aromatic heterocycles. The number of carbonyl (C=O) groups is 2. The Morgan fingerprint density at radius 1 is 0.976 bits per heavy atom. The molecule has 1 saturated carbocycles. The number of anilines is 1. The second kappa shape index (κ2) is 11.7. The van der Waals surface area contributed by atoms with Crippen molar-refractivity contribution in [3.8, 4) is 0 Å². The SMILES string of the molecule is O=C(OCC1CCCO1)N1CCN(C(=O)c2ccc(NS(=O)(=O)c3cccc4cc(C5CCC5)cnc34)cc2)CC1. The van der Waals surface area contributed by atoms with Gasteiger partial charge in [-0.3, -0.25) is 14.5 Å². The fourth-order valence-electron chi connectivity index (χ4n) is 5.53. The number of amides is 2. The summed E-state index contributed by atoms with van der Waals surface area (Å²) in [6.45, 7) is 2.51. The van der Waals surface area contributed by atoms with Gasteiger partial charge in [-0.25, -0.2) is 13.2 Å². The zero-order valence-corrected chi connectivity index (χ0v) is 23.6. The lowest BCUT2D eigenvalue weighted by molar-refractivity contribution is 0.0225. The van der Waals surface area contributed by atoms with Crippen molar-refractivity contribution in [2.75, 3.05) is 44.1 Å². The minimum absolute atomic E-state index is 0.0252. The molecule has 0 spiro atoms. The number of nitrogens with zero attached hydrogens (tertiary/aromatic N) is 3. The van der Waals surface area contributed by atoms with E-state index in [9.17, 15) is 18.0 Å². The van der Waals surface area contributed by atoms with E-state index in [2.05, 4.69) is 9.71 Å². The molecule has 1 unspecified atom stereocenters. The fourth-order valence-corrected chi connectivity index (χ4v) is 6.77. The molecule has 10 nitrogen and oxygen atoms in total. The third-order valence-electron chi connectivity index (χ3n) is 8.19. The predicted molar refractivity (Wildman–Crippen MR) is 153 cm³/mol. The highest BCUT2D eigenvalue weighted by molar-refractivity contribution is 7.93. The van der Waals surface area contributed by atoms with Gasteiger partial charge in [-0.05, 0) is 73.6 Å². The highest BCUT2D eigenvalue weighted by Crippen LogP contribution is 2.37. The Bertz CT molecular complexity index is 1530. The Morgan fingerprint density at radius 2 is 1.73 bits per heavy atom. The van der Waals surface area contributed by atoms with Crippen molar-refractivity contribution >= 4 is 38.6 Å². The topological polar surface area (TPSA) is 118 Å². The van der Waals surface area contributed by atoms with Crippen LogP contribution in [0.5, 0.6) is 0 Å². The molecule has 216 valence electrons. The number of hydrogen-bond donors (Lipinski definition) is 1. The number of nitrogens with one attached hydrogen (secondary N) is 1. The first-order chi connectivity index (χ1) is 19.9. The summed E-state index contributed by atoms with van der Waals surface area (Å²) in [5.41, 5.74) is 2.38. The van der Waals surface area contributed by atoms with Gasteiger partial charge in [-0.15, -0.1) is 0 Å². The summed E-state index contributed by atoms with van der Waals surface area (Å²) >= 11 is 0. The zero-order chi connectivity index (χ0) is 28.4. The number of hydrogen-bond acceptors (Lipinski definition) is 7. The fraction of sp³-hybridized carbons (Fsp3) is 0.433. The van der Waals surface area contributed by atoms with Gasteiger partial charge in [0.1, 0.15) is 11.5 Å². The maximum Gasteiger partial charge on any atom is 0.409 e. The Labute approximate surface area is 239 Å². The maximum absolute atomic E-state index is 13.3. The molecular weight excluding hydrogens is 544 g/mol. The predicted octanol–water partition coefficient (Wildman–Crippen LogP) is 4.38. The molecule has 3 heterocycles. The Morgan fingerprint density at radius 3 is 2.41 bits per heavy atom. The van der Waals surface area contributed by atoms with Crippen molar-refractivity contribution in [2.24, 2.45) is 0 Å². The number of sulfonamides is 1. The first-order valence-corrected chi connectivity index (χ1v) is 15.7. The smallest absolute Gasteiger partial charge is 0.409 e. The number of pyridine rings is 1. The quantitative estimate of drug-likeness (QED) is 0.442. The molecule has 11 heteroatoms. The van der Waals surface area contributed by atoms with Crippen LogP contribution in [0.3, 0.4) is 0 Å². The molecule has 1 aliphatic carbocycles. The number of para-hydroxylation sites is 1. The van der Waals surface area contributed by atoms with Crippen LogP contribution >= 0.6 is 0 Å². The minimum Gasteiger partial charge on any atom is -0.447 e. The normalized spacial score (nSPS) is 19.7. The van der Waals surface area contributed by atoms with Gasteiger partial charge >= 0.3 is 6.09 Å². The van der Waals surface area contributed by atoms with Gasteiger partial charge in [0.15, 0.2) is 0 Å². The van der Waals surface area contributed by atoms with Crippen LogP contribution in [0.4, 0.5) is 10.5 Å². The molecule has 3 aromatic rings. The lowest BCUT2D eigenvalue weighted by atomic mass is 9.80. The van der Waals surface area contributed by atoms with Gasteiger partial charge in [0, 0.05) is 55.6 Å². The van der Waals surface area contributed by atoms with E-state index in [-0.39, 0.29) is 29.6 Å². The van der Waals surface area contributed by atoms with Gasteiger partial charge in [0.2, 0.25) is 0 Å². The van der Waals surface area contributed by atoms with Crippen LogP contribution < -0.4 is 4.72 Å². The Hall–Kier alpha value is -3.70. The van der Waals surface area contributed by atoms with Crippen LogP contribution in [0.1, 0.15) is 53.9 Å². The Kier molecular flexibility index (Phi) is 7.81. The minimum atomic E-state index is -3.91. The summed E-state index contributed by atoms with van der Waals surface area (Å²) in [6.07, 6.45) is 6.77. The van der Waals surface area contributed by atoms with E-state index in [0.29, 0.717) is 55.5 Å². The summed E-state index contributed by atoms with van der Waals surface area (Å²) in [7, 11) is -3.91. The van der Waals surface area contributed by atoms with E-state index in [1.165, 1.54) is 6.42 Å². The van der Waals surface area contributed by atoms with Crippen molar-refractivity contribution in [3.05, 3.63) is 65.9 Å². The number of rotatable bonds is 7. The van der Waals surface area contributed by atoms with Crippen molar-refractivity contribution in [3.63, 3.8) is 0 Å². The molecule has 2 aromatic carbocycles. The standard InChI is InChI=1S/C30H34N4O6S/c35-29(33-13-15-34(16-14-33)30(36)40-20-26-7-3-17-39-26)22-9-11-25(12-10-22)32-41(37,38)27-8-2-6-23-18-24(19-31-28(23)27)21-4-1-5-21/h2,6,8-12,18-19,21,26,32H,1,3-5,7,13-17,20H2. The average molecular weight is 579 g/mol. The first kappa shape index (κ1) is 27.5. The lowest BCUT2D eigenvalue weighted by Gasteiger charge is -2.34. The molecule has 2 amide bonds. The number of benzene rings is 2. The molecule has 3 fully saturated rings. The van der Waals surface area contributed by atoms with Gasteiger partial charge in [-0.1, -0.05) is 18.6 Å². The van der Waals surface area contributed by atoms with Crippen LogP contribution in [0.15, 0.2) is 59.6 Å². The van der Waals surface area contributed by atoms with E-state index in [0.717, 1.165) is 36.6 Å². The van der Waals surface area contributed by atoms with E-state index in [4.69, 9.17) is 9.47 Å². The van der Waals surface area contributed by atoms with Crippen molar-refractivity contribution < 1.29 is 27.5 Å². The van der Waals surface area contributed by atoms with Crippen molar-refractivity contribution in [1.82, 2.24) is 14.8 Å². The highest BCUT2D eigenvalue weighted by atomic mass is 32.2. The van der Waals surface area contributed by atoms with E-state index in [1.54, 1.807) is 52.4 Å². The van der Waals surface area contributed by atoms with Crippen molar-refractivity contribution in [2.45, 2.75) is 49.0 Å². The maximum atomic E-state index is 13.3. The third kappa shape index (κ3) is 6.01. The average Bonchev–Trinajstić information content (AvgIpc) is 3.48. The first-order valence-electron chi connectivity index (χ1n) is 14.2. The molecule has 0 bridgehead atoms. The van der Waals surface area contributed by atoms with Crippen LogP contribution in [-0.4, -0.2) is 80.7 Å². The largest absolute Gasteiger partial charge is 0.447 e. The molecule has 0 radical (unpaired) electrons. The van der Waals surface area contributed by atoms with Gasteiger partial charge in [0.25, 0.3) is 15.9 Å². The van der Waals surface area contributed by atoms with Crippen LogP contribution in [0.25, 0.3) is 10.9 Å². The molecule has 3 aliphatic rings. The summed E-state index contributed by atoms with van der Waals surface area (Å²) in [5.74, 6) is 0.334. The van der Waals surface area contributed by atoms with Gasteiger partial charge in [-0.2, -0.15) is 0 Å². The second-order valence-electron chi connectivity index (χ2n) is 10.9. The van der Waals surface area contributed by atoms with Crippen molar-refractivity contribution in [1.29, 1.82) is 0 Å². The van der Waals surface area contributed by atoms with E-state index < -0.39 is 10.0 Å². The molecule has 1 N–H and O–H groups in total. The molecule has 2 saturated heterocycles. The molecule has 1 atom stereocenters. The highest BCUT2D eigenvalue weighted by Gasteiger charge is 2.27. The molecule has 2 aliphatic heterocycles. The summed E-state index contributed by atoms with van der Waals surface area (Å²) in [6, 6.07) is 13.6. The number of carbonyl (C=O) groups excluding carboxylic acids is 2. The third-order valence-corrected chi connectivity index (χ3v) is 9.60. The number of fused-ring (bicyclic) bond motifs is 1. The number of ether oxygens (including phenoxy) is 2. The summed E-state index contributed by atoms with van der Waals surface area (Å²) in [5, 5.41) is 0.800. The van der Waals surface area contributed by atoms with Gasteiger partial charge < -0.3 is 19.3 Å². The summed E-state index contributed by atoms with van der Waals surface area (Å²) < 4.78 is 40.1. The Balaban J connectivity index is 1.06. The summed E-state index contributed by atoms with van der Waals surface area (Å²) in [4.78, 5) is 33.4. The lowest BCUT2D eigenvalue weighted by Crippen LogP contribution is -2.51. The number of piperazine rings is 1. The molecule has 41 heavy (non-hydrogen) atoms. The number of aromatic nitrogens is 1. The van der Waals surface area contributed by atoms with Crippen LogP contribution in [0, 0.1) is 0 Å². The van der Waals surface area contributed by atoms with Crippen LogP contribution in [-0.2, 0) is 19.5 Å². The van der Waals surface area contributed by atoms with Gasteiger partial charge in [0.05, 0.1) is 11.6 Å². The second-order valence-corrected chi connectivity index (χ2v) is 12.5.